The summed E-state index contributed by atoms with van der Waals surface area (Å²) in [4.78, 5) is 41.1. The van der Waals surface area contributed by atoms with E-state index in [1.807, 2.05) is 44.3 Å². The van der Waals surface area contributed by atoms with Crippen molar-refractivity contribution in [1.82, 2.24) is 15.6 Å². The first-order valence-electron chi connectivity index (χ1n) is 13.3. The maximum absolute atomic E-state index is 13.5. The van der Waals surface area contributed by atoms with Crippen LogP contribution in [0.3, 0.4) is 0 Å². The summed E-state index contributed by atoms with van der Waals surface area (Å²) in [5, 5.41) is 9.84. The molecular formula is C29H40N5O3+. The van der Waals surface area contributed by atoms with Gasteiger partial charge in [0.1, 0.15) is 5.54 Å². The van der Waals surface area contributed by atoms with Crippen molar-refractivity contribution in [2.24, 2.45) is 5.92 Å². The molecule has 4 N–H and O–H groups in total. The van der Waals surface area contributed by atoms with Crippen LogP contribution in [-0.2, 0) is 11.2 Å². The molecule has 0 spiro atoms. The number of fused-ring (bicyclic) bond motifs is 1. The van der Waals surface area contributed by atoms with Crippen LogP contribution in [0.25, 0.3) is 10.9 Å². The second-order valence-electron chi connectivity index (χ2n) is 9.71. The van der Waals surface area contributed by atoms with Crippen LogP contribution in [0.5, 0.6) is 0 Å². The number of carbonyl (C=O) groups excluding carboxylic acids is 2. The number of nitrogens with one attached hydrogen (secondary N) is 4. The van der Waals surface area contributed by atoms with Crippen molar-refractivity contribution >= 4 is 34.2 Å². The molecule has 3 aromatic rings. The standard InChI is InChI=1S/C27H33N5O3.C2H6/c1-27(25(33)29-17-19-8-4-3-5-9-19,16-20-18-28-24-11-7-6-10-23(20)24)31-26(34)30-21-12-14-22(15-13-21)32(2)35;1-2/h6-7,10-15,18-19,28H,3-5,8-9,16-17H2,1-2H3,(H2-,29,30,31,33,34,35);1-2H3/p+1/t27-;/m0./s1. The molecule has 4 rings (SSSR count). The fraction of sp³-hybridized carbons (Fsp3) is 0.448. The number of urea groups is 1. The Kier molecular flexibility index (Phi) is 9.83. The van der Waals surface area contributed by atoms with Gasteiger partial charge in [-0.15, -0.1) is 0 Å². The molecule has 1 saturated carbocycles. The minimum Gasteiger partial charge on any atom is -0.361 e. The van der Waals surface area contributed by atoms with E-state index >= 15 is 0 Å². The van der Waals surface area contributed by atoms with E-state index in [0.29, 0.717) is 30.3 Å². The lowest BCUT2D eigenvalue weighted by molar-refractivity contribution is -0.428. The number of hydrogen-bond donors (Lipinski definition) is 4. The monoisotopic (exact) mass is 506 g/mol. The second kappa shape index (κ2) is 13.0. The average molecular weight is 507 g/mol. The Morgan fingerprint density at radius 3 is 2.38 bits per heavy atom. The van der Waals surface area contributed by atoms with E-state index in [9.17, 15) is 14.5 Å². The number of nitroso groups, excluding NO2 is 1. The van der Waals surface area contributed by atoms with Crippen molar-refractivity contribution in [2.45, 2.75) is 64.8 Å². The van der Waals surface area contributed by atoms with Crippen LogP contribution in [0.1, 0.15) is 58.4 Å². The van der Waals surface area contributed by atoms with Crippen LogP contribution in [0, 0.1) is 10.8 Å². The largest absolute Gasteiger partial charge is 0.361 e. The average Bonchev–Trinajstić information content (AvgIpc) is 3.31. The van der Waals surface area contributed by atoms with Gasteiger partial charge in [0.05, 0.1) is 0 Å². The van der Waals surface area contributed by atoms with Crippen molar-refractivity contribution in [1.29, 1.82) is 0 Å². The molecule has 0 radical (unpaired) electrons. The number of hydrogen-bond acceptors (Lipinski definition) is 3. The first-order valence-corrected chi connectivity index (χ1v) is 13.3. The predicted octanol–water partition coefficient (Wildman–Crippen LogP) is 6.05. The molecule has 0 bridgehead atoms. The van der Waals surface area contributed by atoms with E-state index in [1.165, 1.54) is 26.3 Å². The maximum atomic E-state index is 13.5. The van der Waals surface area contributed by atoms with E-state index in [1.54, 1.807) is 31.2 Å². The lowest BCUT2D eigenvalue weighted by Crippen LogP contribution is -2.59. The summed E-state index contributed by atoms with van der Waals surface area (Å²) < 4.78 is 0.749. The normalized spacial score (nSPS) is 15.1. The van der Waals surface area contributed by atoms with Gasteiger partial charge in [-0.05, 0) is 49.4 Å². The molecule has 8 heteroatoms. The summed E-state index contributed by atoms with van der Waals surface area (Å²) in [6.07, 6.45) is 8.15. The van der Waals surface area contributed by atoms with Crippen molar-refractivity contribution in [3.63, 3.8) is 0 Å². The van der Waals surface area contributed by atoms with Gasteiger partial charge in [-0.25, -0.2) is 4.79 Å². The number of rotatable bonds is 8. The number of carbonyl (C=O) groups is 2. The molecule has 2 aromatic carbocycles. The topological polar surface area (TPSA) is 106 Å². The van der Waals surface area contributed by atoms with Crippen molar-refractivity contribution in [2.75, 3.05) is 18.9 Å². The van der Waals surface area contributed by atoms with Crippen LogP contribution in [0.4, 0.5) is 16.2 Å². The number of H-pyrrole nitrogens is 1. The Hall–Kier alpha value is -3.68. The maximum Gasteiger partial charge on any atom is 0.320 e. The minimum absolute atomic E-state index is 0.202. The van der Waals surface area contributed by atoms with Gasteiger partial charge in [0, 0.05) is 57.6 Å². The number of benzene rings is 2. The molecule has 198 valence electrons. The summed E-state index contributed by atoms with van der Waals surface area (Å²) in [5.74, 6) is 0.281. The first kappa shape index (κ1) is 27.9. The SMILES string of the molecule is CC.C[N+](=O)c1ccc(NC(=O)N[C@@](C)(Cc2c[nH]c3ccccc23)C(=O)NCC2CCCCC2)cc1. The third-order valence-corrected chi connectivity index (χ3v) is 6.87. The van der Waals surface area contributed by atoms with Crippen LogP contribution >= 0.6 is 0 Å². The van der Waals surface area contributed by atoms with Gasteiger partial charge in [0.25, 0.3) is 5.69 Å². The number of para-hydroxylation sites is 1. The lowest BCUT2D eigenvalue weighted by atomic mass is 9.88. The van der Waals surface area contributed by atoms with Gasteiger partial charge >= 0.3 is 6.03 Å². The van der Waals surface area contributed by atoms with Crippen molar-refractivity contribution < 1.29 is 14.3 Å². The third-order valence-electron chi connectivity index (χ3n) is 6.87. The van der Waals surface area contributed by atoms with Crippen LogP contribution in [-0.4, -0.2) is 40.8 Å². The van der Waals surface area contributed by atoms with Gasteiger partial charge in [0.2, 0.25) is 5.91 Å². The van der Waals surface area contributed by atoms with E-state index in [2.05, 4.69) is 20.9 Å². The van der Waals surface area contributed by atoms with Gasteiger partial charge in [-0.1, -0.05) is 51.3 Å². The van der Waals surface area contributed by atoms with Gasteiger partial charge in [0.15, 0.2) is 7.05 Å². The molecule has 3 amide bonds. The highest BCUT2D eigenvalue weighted by atomic mass is 16.3. The molecule has 37 heavy (non-hydrogen) atoms. The zero-order valence-electron chi connectivity index (χ0n) is 22.4. The molecule has 1 aromatic heterocycles. The molecule has 1 aliphatic carbocycles. The predicted molar refractivity (Wildman–Crippen MR) is 149 cm³/mol. The minimum atomic E-state index is -1.17. The van der Waals surface area contributed by atoms with Crippen molar-refractivity contribution in [3.05, 3.63) is 65.2 Å². The molecule has 8 nitrogen and oxygen atoms in total. The highest BCUT2D eigenvalue weighted by molar-refractivity contribution is 5.96. The Balaban J connectivity index is 0.00000186. The molecule has 1 heterocycles. The zero-order chi connectivity index (χ0) is 26.8. The Morgan fingerprint density at radius 2 is 1.70 bits per heavy atom. The quantitative estimate of drug-likeness (QED) is 0.279. The molecular weight excluding hydrogens is 466 g/mol. The van der Waals surface area contributed by atoms with E-state index in [-0.39, 0.29) is 5.91 Å². The smallest absolute Gasteiger partial charge is 0.320 e. The Bertz CT molecular complexity index is 1200. The highest BCUT2D eigenvalue weighted by Gasteiger charge is 2.36. The molecule has 0 saturated heterocycles. The summed E-state index contributed by atoms with van der Waals surface area (Å²) in [7, 11) is 1.41. The van der Waals surface area contributed by atoms with Crippen LogP contribution in [0.2, 0.25) is 0 Å². The molecule has 1 fully saturated rings. The van der Waals surface area contributed by atoms with Gasteiger partial charge in [-0.3, -0.25) is 4.79 Å². The molecule has 0 unspecified atom stereocenters. The number of anilines is 1. The van der Waals surface area contributed by atoms with E-state index < -0.39 is 11.6 Å². The summed E-state index contributed by atoms with van der Waals surface area (Å²) in [5.41, 5.74) is 1.80. The van der Waals surface area contributed by atoms with Crippen LogP contribution in [0.15, 0.2) is 54.7 Å². The fourth-order valence-electron chi connectivity index (χ4n) is 4.83. The molecule has 1 atom stereocenters. The fourth-order valence-corrected chi connectivity index (χ4v) is 4.83. The number of amides is 3. The van der Waals surface area contributed by atoms with E-state index in [4.69, 9.17) is 0 Å². The van der Waals surface area contributed by atoms with Crippen molar-refractivity contribution in [3.8, 4) is 0 Å². The number of aromatic nitrogens is 1. The highest BCUT2D eigenvalue weighted by Crippen LogP contribution is 2.25. The second-order valence-corrected chi connectivity index (χ2v) is 9.71. The molecule has 1 aliphatic rings. The van der Waals surface area contributed by atoms with Gasteiger partial charge in [-0.2, -0.15) is 0 Å². The summed E-state index contributed by atoms with van der Waals surface area (Å²) in [6.45, 7) is 6.38. The third kappa shape index (κ3) is 7.41. The van der Waals surface area contributed by atoms with Crippen LogP contribution < -0.4 is 16.0 Å². The lowest BCUT2D eigenvalue weighted by Gasteiger charge is -2.31. The summed E-state index contributed by atoms with van der Waals surface area (Å²) >= 11 is 0. The zero-order valence-corrected chi connectivity index (χ0v) is 22.4. The Morgan fingerprint density at radius 1 is 1.03 bits per heavy atom. The molecule has 0 aliphatic heterocycles. The Labute approximate surface area is 219 Å². The summed E-state index contributed by atoms with van der Waals surface area (Å²) in [6, 6.07) is 14.0. The first-order chi connectivity index (χ1) is 17.8. The van der Waals surface area contributed by atoms with Gasteiger partial charge < -0.3 is 20.9 Å². The van der Waals surface area contributed by atoms with E-state index in [0.717, 1.165) is 34.1 Å². The number of nitrogens with zero attached hydrogens (tertiary/aromatic N) is 1. The number of aromatic amines is 1.